The van der Waals surface area contributed by atoms with E-state index in [-0.39, 0.29) is 0 Å². The Hall–Kier alpha value is -1.47. The first-order valence-electron chi connectivity index (χ1n) is 6.01. The average molecular weight is 299 g/mol. The Morgan fingerprint density at radius 1 is 1.20 bits per heavy atom. The Balaban J connectivity index is 4.75. The van der Waals surface area contributed by atoms with E-state index in [9.17, 15) is 22.8 Å². The number of methoxy groups -OCH3 is 1. The van der Waals surface area contributed by atoms with Crippen LogP contribution >= 0.6 is 0 Å². The highest BCUT2D eigenvalue weighted by Gasteiger charge is 2.39. The summed E-state index contributed by atoms with van der Waals surface area (Å²) in [6.07, 6.45) is -6.04. The summed E-state index contributed by atoms with van der Waals surface area (Å²) in [6, 6.07) is -1.41. The number of halogens is 3. The third kappa shape index (κ3) is 7.20. The van der Waals surface area contributed by atoms with Gasteiger partial charge in [0, 0.05) is 0 Å². The molecule has 20 heavy (non-hydrogen) atoms. The Bertz CT molecular complexity index is 350. The van der Waals surface area contributed by atoms with Gasteiger partial charge in [0.2, 0.25) is 0 Å². The van der Waals surface area contributed by atoms with Crippen molar-refractivity contribution in [3.8, 4) is 0 Å². The highest BCUT2D eigenvalue weighted by Crippen LogP contribution is 2.29. The minimum atomic E-state index is -4.46. The van der Waals surface area contributed by atoms with E-state index in [4.69, 9.17) is 4.74 Å². The van der Waals surface area contributed by atoms with Gasteiger partial charge in [-0.25, -0.2) is 9.59 Å². The molecule has 8 heteroatoms. The van der Waals surface area contributed by atoms with E-state index >= 15 is 0 Å². The Labute approximate surface area is 115 Å². The van der Waals surface area contributed by atoms with E-state index in [0.717, 1.165) is 14.0 Å². The van der Waals surface area contributed by atoms with Gasteiger partial charge in [-0.1, -0.05) is 6.92 Å². The lowest BCUT2D eigenvalue weighted by molar-refractivity contribution is -0.174. The number of esters is 1. The van der Waals surface area contributed by atoms with Gasteiger partial charge >= 0.3 is 18.2 Å². The smallest absolute Gasteiger partial charge is 0.408 e. The molecule has 0 heterocycles. The number of alkyl carbamates (subject to hydrolysis) is 1. The predicted molar refractivity (Wildman–Crippen MR) is 65.0 cm³/mol. The van der Waals surface area contributed by atoms with Crippen LogP contribution in [0.5, 0.6) is 0 Å². The second-order valence-electron chi connectivity index (χ2n) is 5.40. The van der Waals surface area contributed by atoms with Crippen molar-refractivity contribution in [2.45, 2.75) is 51.9 Å². The number of rotatable bonds is 4. The number of carbonyl (C=O) groups excluding carboxylic acids is 2. The molecule has 0 rings (SSSR count). The van der Waals surface area contributed by atoms with Crippen LogP contribution in [0.25, 0.3) is 0 Å². The van der Waals surface area contributed by atoms with Crippen LogP contribution in [-0.2, 0) is 14.3 Å². The highest BCUT2D eigenvalue weighted by molar-refractivity contribution is 5.81. The summed E-state index contributed by atoms with van der Waals surface area (Å²) in [7, 11) is 1.03. The van der Waals surface area contributed by atoms with Crippen molar-refractivity contribution < 1.29 is 32.2 Å². The minimum absolute atomic E-state index is 0.616. The molecular weight excluding hydrogens is 279 g/mol. The molecule has 0 aromatic heterocycles. The van der Waals surface area contributed by atoms with Crippen molar-refractivity contribution in [2.24, 2.45) is 5.92 Å². The van der Waals surface area contributed by atoms with Gasteiger partial charge in [0.25, 0.3) is 0 Å². The molecule has 0 saturated carbocycles. The number of alkyl halides is 3. The maximum Gasteiger partial charge on any atom is 0.408 e. The Morgan fingerprint density at radius 3 is 2.05 bits per heavy atom. The number of nitrogens with one attached hydrogen (secondary N) is 1. The molecule has 0 aliphatic heterocycles. The lowest BCUT2D eigenvalue weighted by Crippen LogP contribution is -2.46. The van der Waals surface area contributed by atoms with Gasteiger partial charge in [0.15, 0.2) is 0 Å². The number of carbonyl (C=O) groups is 2. The fourth-order valence-corrected chi connectivity index (χ4v) is 1.29. The van der Waals surface area contributed by atoms with Crippen LogP contribution in [0.1, 0.15) is 34.1 Å². The third-order valence-corrected chi connectivity index (χ3v) is 2.32. The van der Waals surface area contributed by atoms with Crippen molar-refractivity contribution in [3.05, 3.63) is 0 Å². The summed E-state index contributed by atoms with van der Waals surface area (Å²) in [5, 5.41) is 2.09. The van der Waals surface area contributed by atoms with Crippen LogP contribution in [0.15, 0.2) is 0 Å². The first-order chi connectivity index (χ1) is 8.86. The van der Waals surface area contributed by atoms with E-state index in [1.807, 2.05) is 0 Å². The standard InChI is InChI=1S/C12H20F3NO4/c1-7(12(13,14)15)6-8(9(17)19-5)16-10(18)20-11(2,3)4/h7-8H,6H2,1-5H3,(H,16,18)/t7-,8-/m1/s1. The van der Waals surface area contributed by atoms with E-state index in [0.29, 0.717) is 0 Å². The first kappa shape index (κ1) is 18.5. The lowest BCUT2D eigenvalue weighted by Gasteiger charge is -2.24. The molecule has 0 aliphatic rings. The topological polar surface area (TPSA) is 64.6 Å². The molecule has 1 amide bonds. The maximum atomic E-state index is 12.5. The summed E-state index contributed by atoms with van der Waals surface area (Å²) >= 11 is 0. The second-order valence-corrected chi connectivity index (χ2v) is 5.40. The SMILES string of the molecule is COC(=O)[C@@H](C[C@@H](C)C(F)(F)F)NC(=O)OC(C)(C)C. The first-order valence-corrected chi connectivity index (χ1v) is 6.01. The highest BCUT2D eigenvalue weighted by atomic mass is 19.4. The van der Waals surface area contributed by atoms with Gasteiger partial charge in [0.1, 0.15) is 11.6 Å². The number of hydrogen-bond acceptors (Lipinski definition) is 4. The van der Waals surface area contributed by atoms with Crippen molar-refractivity contribution in [1.82, 2.24) is 5.32 Å². The molecule has 0 aromatic rings. The van der Waals surface area contributed by atoms with E-state index in [2.05, 4.69) is 10.1 Å². The molecule has 0 aliphatic carbocycles. The van der Waals surface area contributed by atoms with Crippen LogP contribution in [0, 0.1) is 5.92 Å². The molecular formula is C12H20F3NO4. The van der Waals surface area contributed by atoms with E-state index in [1.54, 1.807) is 20.8 Å². The van der Waals surface area contributed by atoms with Gasteiger partial charge < -0.3 is 14.8 Å². The molecule has 0 saturated heterocycles. The van der Waals surface area contributed by atoms with Crippen molar-refractivity contribution in [3.63, 3.8) is 0 Å². The van der Waals surface area contributed by atoms with Crippen LogP contribution < -0.4 is 5.32 Å². The largest absolute Gasteiger partial charge is 0.467 e. The van der Waals surface area contributed by atoms with Crippen LogP contribution in [-0.4, -0.2) is 37.0 Å². The average Bonchev–Trinajstić information content (AvgIpc) is 2.22. The monoisotopic (exact) mass is 299 g/mol. The quantitative estimate of drug-likeness (QED) is 0.811. The summed E-state index contributed by atoms with van der Waals surface area (Å²) in [4.78, 5) is 22.9. The van der Waals surface area contributed by atoms with Crippen LogP contribution in [0.2, 0.25) is 0 Å². The van der Waals surface area contributed by atoms with Crippen molar-refractivity contribution in [1.29, 1.82) is 0 Å². The summed E-state index contributed by atoms with van der Waals surface area (Å²) in [5.74, 6) is -2.71. The van der Waals surface area contributed by atoms with Gasteiger partial charge in [-0.15, -0.1) is 0 Å². The molecule has 0 fully saturated rings. The van der Waals surface area contributed by atoms with Crippen molar-refractivity contribution in [2.75, 3.05) is 7.11 Å². The summed E-state index contributed by atoms with van der Waals surface area (Å²) in [6.45, 7) is 5.71. The molecule has 2 atom stereocenters. The van der Waals surface area contributed by atoms with Crippen LogP contribution in [0.4, 0.5) is 18.0 Å². The molecule has 0 aromatic carbocycles. The third-order valence-electron chi connectivity index (χ3n) is 2.32. The zero-order chi connectivity index (χ0) is 16.1. The lowest BCUT2D eigenvalue weighted by atomic mass is 10.0. The number of ether oxygens (including phenoxy) is 2. The Morgan fingerprint density at radius 2 is 1.70 bits per heavy atom. The van der Waals surface area contributed by atoms with E-state index < -0.39 is 42.2 Å². The number of amides is 1. The summed E-state index contributed by atoms with van der Waals surface area (Å²) < 4.78 is 46.7. The van der Waals surface area contributed by atoms with E-state index in [1.165, 1.54) is 0 Å². The van der Waals surface area contributed by atoms with Gasteiger partial charge in [-0.2, -0.15) is 13.2 Å². The minimum Gasteiger partial charge on any atom is -0.467 e. The number of hydrogen-bond donors (Lipinski definition) is 1. The molecule has 5 nitrogen and oxygen atoms in total. The fraction of sp³-hybridized carbons (Fsp3) is 0.833. The van der Waals surface area contributed by atoms with Gasteiger partial charge in [-0.05, 0) is 27.2 Å². The molecule has 118 valence electrons. The fourth-order valence-electron chi connectivity index (χ4n) is 1.29. The van der Waals surface area contributed by atoms with Gasteiger partial charge in [-0.3, -0.25) is 0 Å². The second kappa shape index (κ2) is 6.81. The van der Waals surface area contributed by atoms with Crippen LogP contribution in [0.3, 0.4) is 0 Å². The molecule has 0 spiro atoms. The molecule has 0 unspecified atom stereocenters. The molecule has 0 radical (unpaired) electrons. The normalized spacial score (nSPS) is 15.2. The zero-order valence-corrected chi connectivity index (χ0v) is 12.1. The predicted octanol–water partition coefficient (Wildman–Crippen LogP) is 2.64. The van der Waals surface area contributed by atoms with Crippen molar-refractivity contribution >= 4 is 12.1 Å². The molecule has 1 N–H and O–H groups in total. The molecule has 0 bridgehead atoms. The maximum absolute atomic E-state index is 12.5. The summed E-state index contributed by atoms with van der Waals surface area (Å²) in [5.41, 5.74) is -0.819. The van der Waals surface area contributed by atoms with Gasteiger partial charge in [0.05, 0.1) is 13.0 Å². The zero-order valence-electron chi connectivity index (χ0n) is 12.1. The Kier molecular flexibility index (Phi) is 6.31.